The zero-order valence-electron chi connectivity index (χ0n) is 16.3. The Bertz CT molecular complexity index is 1260. The molecule has 0 spiro atoms. The molecular weight excluding hydrogens is 447 g/mol. The van der Waals surface area contributed by atoms with Crippen molar-refractivity contribution in [2.24, 2.45) is 0 Å². The first-order valence-electron chi connectivity index (χ1n) is 9.38. The summed E-state index contributed by atoms with van der Waals surface area (Å²) in [6.45, 7) is 0.216. The Morgan fingerprint density at radius 1 is 1.03 bits per heavy atom. The van der Waals surface area contributed by atoms with Crippen LogP contribution < -0.4 is 10.1 Å². The second kappa shape index (κ2) is 8.83. The molecule has 0 saturated heterocycles. The number of aromatic nitrogens is 4. The van der Waals surface area contributed by atoms with Crippen LogP contribution in [0, 0.1) is 0 Å². The third kappa shape index (κ3) is 4.65. The molecule has 0 bridgehead atoms. The molecule has 0 unspecified atom stereocenters. The molecule has 1 amide bonds. The summed E-state index contributed by atoms with van der Waals surface area (Å²) in [5.41, 5.74) is 0.466. The van der Waals surface area contributed by atoms with E-state index in [9.17, 15) is 18.0 Å². The molecule has 4 aromatic rings. The summed E-state index contributed by atoms with van der Waals surface area (Å²) in [6, 6.07) is 14.4. The first-order valence-corrected chi connectivity index (χ1v) is 9.76. The average molecular weight is 462 g/mol. The maximum absolute atomic E-state index is 12.6. The van der Waals surface area contributed by atoms with Gasteiger partial charge in [0.05, 0.1) is 17.1 Å². The highest BCUT2D eigenvalue weighted by molar-refractivity contribution is 6.33. The summed E-state index contributed by atoms with van der Waals surface area (Å²) in [4.78, 5) is 12.1. The van der Waals surface area contributed by atoms with E-state index < -0.39 is 17.6 Å². The highest BCUT2D eigenvalue weighted by atomic mass is 35.5. The van der Waals surface area contributed by atoms with Crippen LogP contribution in [-0.2, 0) is 6.18 Å². The molecule has 0 radical (unpaired) electrons. The Morgan fingerprint density at radius 2 is 1.78 bits per heavy atom. The smallest absolute Gasteiger partial charge is 0.416 e. The molecule has 0 atom stereocenters. The molecule has 32 heavy (non-hydrogen) atoms. The molecule has 2 aromatic heterocycles. The van der Waals surface area contributed by atoms with Crippen LogP contribution >= 0.6 is 11.6 Å². The first-order chi connectivity index (χ1) is 15.3. The molecule has 2 aromatic carbocycles. The highest BCUT2D eigenvalue weighted by Crippen LogP contribution is 2.29. The summed E-state index contributed by atoms with van der Waals surface area (Å²) >= 11 is 6.23. The maximum atomic E-state index is 12.6. The van der Waals surface area contributed by atoms with Crippen LogP contribution in [0.1, 0.15) is 15.9 Å². The number of benzene rings is 2. The lowest BCUT2D eigenvalue weighted by Gasteiger charge is -2.09. The van der Waals surface area contributed by atoms with Gasteiger partial charge in [-0.1, -0.05) is 23.7 Å². The molecule has 2 heterocycles. The van der Waals surface area contributed by atoms with Gasteiger partial charge in [0.25, 0.3) is 5.91 Å². The van der Waals surface area contributed by atoms with Crippen LogP contribution in [-0.4, -0.2) is 38.9 Å². The molecule has 11 heteroatoms. The van der Waals surface area contributed by atoms with E-state index >= 15 is 0 Å². The van der Waals surface area contributed by atoms with Gasteiger partial charge in [0.2, 0.25) is 5.88 Å². The predicted molar refractivity (Wildman–Crippen MR) is 111 cm³/mol. The van der Waals surface area contributed by atoms with Crippen LogP contribution in [0.15, 0.2) is 60.7 Å². The zero-order valence-corrected chi connectivity index (χ0v) is 17.1. The van der Waals surface area contributed by atoms with Crippen LogP contribution in [0.4, 0.5) is 13.2 Å². The number of hydrogen-bond acceptors (Lipinski definition) is 5. The number of rotatable bonds is 6. The molecule has 4 rings (SSSR count). The number of carbonyl (C=O) groups excluding carboxylic acids is 1. The molecule has 164 valence electrons. The predicted octanol–water partition coefficient (Wildman–Crippen LogP) is 4.27. The largest absolute Gasteiger partial charge is 0.475 e. The highest BCUT2D eigenvalue weighted by Gasteiger charge is 2.30. The molecule has 0 fully saturated rings. The monoisotopic (exact) mass is 461 g/mol. The van der Waals surface area contributed by atoms with Crippen LogP contribution in [0.2, 0.25) is 5.02 Å². The second-order valence-electron chi connectivity index (χ2n) is 6.62. The molecule has 7 nitrogen and oxygen atoms in total. The van der Waals surface area contributed by atoms with E-state index in [1.165, 1.54) is 4.52 Å². The Labute approximate surface area is 184 Å². The van der Waals surface area contributed by atoms with E-state index in [2.05, 4.69) is 20.6 Å². The van der Waals surface area contributed by atoms with Gasteiger partial charge in [0.15, 0.2) is 11.5 Å². The van der Waals surface area contributed by atoms with E-state index in [0.717, 1.165) is 24.3 Å². The van der Waals surface area contributed by atoms with E-state index in [1.807, 2.05) is 6.07 Å². The quantitative estimate of drug-likeness (QED) is 0.434. The number of nitrogens with one attached hydrogen (secondary N) is 1. The van der Waals surface area contributed by atoms with Gasteiger partial charge in [-0.2, -0.15) is 17.7 Å². The lowest BCUT2D eigenvalue weighted by molar-refractivity contribution is -0.137. The Balaban J connectivity index is 1.37. The first kappa shape index (κ1) is 21.6. The normalized spacial score (nSPS) is 11.5. The van der Waals surface area contributed by atoms with Crippen molar-refractivity contribution in [1.82, 2.24) is 25.1 Å². The van der Waals surface area contributed by atoms with Gasteiger partial charge in [-0.25, -0.2) is 0 Å². The number of fused-ring (bicyclic) bond motifs is 1. The fourth-order valence-corrected chi connectivity index (χ4v) is 3.11. The van der Waals surface area contributed by atoms with Gasteiger partial charge in [-0.3, -0.25) is 4.79 Å². The second-order valence-corrected chi connectivity index (χ2v) is 7.03. The number of alkyl halides is 3. The van der Waals surface area contributed by atoms with Gasteiger partial charge in [-0.05, 0) is 42.5 Å². The van der Waals surface area contributed by atoms with Crippen molar-refractivity contribution in [3.05, 3.63) is 76.8 Å². The number of ether oxygens (including phenoxy) is 1. The fourth-order valence-electron chi connectivity index (χ4n) is 2.89. The van der Waals surface area contributed by atoms with Crippen molar-refractivity contribution >= 4 is 23.2 Å². The topological polar surface area (TPSA) is 81.4 Å². The minimum absolute atomic E-state index is 0.0917. The van der Waals surface area contributed by atoms with Gasteiger partial charge in [-0.15, -0.1) is 15.3 Å². The number of amides is 1. The maximum Gasteiger partial charge on any atom is 0.416 e. The average Bonchev–Trinajstić information content (AvgIpc) is 3.19. The minimum Gasteiger partial charge on any atom is -0.475 e. The standard InChI is InChI=1S/C21H15ClF3N5O2/c22-16-4-2-1-3-15(16)19-28-27-17-9-10-18(29-30(17)19)32-12-11-26-20(31)13-5-7-14(8-6-13)21(23,24)25/h1-10H,11-12H2,(H,26,31). The lowest BCUT2D eigenvalue weighted by Crippen LogP contribution is -2.28. The van der Waals surface area contributed by atoms with Crippen LogP contribution in [0.5, 0.6) is 5.88 Å². The summed E-state index contributed by atoms with van der Waals surface area (Å²) in [6.07, 6.45) is -4.45. The van der Waals surface area contributed by atoms with Crippen molar-refractivity contribution in [2.75, 3.05) is 13.2 Å². The number of carbonyl (C=O) groups is 1. The fraction of sp³-hybridized carbons (Fsp3) is 0.143. The summed E-state index contributed by atoms with van der Waals surface area (Å²) in [7, 11) is 0. The van der Waals surface area contributed by atoms with E-state index in [0.29, 0.717) is 22.1 Å². The van der Waals surface area contributed by atoms with Gasteiger partial charge >= 0.3 is 6.18 Å². The third-order valence-corrected chi connectivity index (χ3v) is 4.79. The summed E-state index contributed by atoms with van der Waals surface area (Å²) in [5.74, 6) is 0.214. The molecule has 0 aliphatic heterocycles. The molecular formula is C21H15ClF3N5O2. The SMILES string of the molecule is O=C(NCCOc1ccc2nnc(-c3ccccc3Cl)n2n1)c1ccc(C(F)(F)F)cc1. The Morgan fingerprint density at radius 3 is 2.50 bits per heavy atom. The Kier molecular flexibility index (Phi) is 5.95. The van der Waals surface area contributed by atoms with Crippen molar-refractivity contribution < 1.29 is 22.7 Å². The van der Waals surface area contributed by atoms with Crippen molar-refractivity contribution in [3.63, 3.8) is 0 Å². The van der Waals surface area contributed by atoms with Crippen LogP contribution in [0.3, 0.4) is 0 Å². The minimum atomic E-state index is -4.45. The number of halogens is 4. The number of hydrogen-bond donors (Lipinski definition) is 1. The lowest BCUT2D eigenvalue weighted by atomic mass is 10.1. The van der Waals surface area contributed by atoms with Gasteiger partial charge in [0.1, 0.15) is 6.61 Å². The van der Waals surface area contributed by atoms with Gasteiger partial charge in [0, 0.05) is 17.2 Å². The molecule has 0 saturated carbocycles. The van der Waals surface area contributed by atoms with E-state index in [-0.39, 0.29) is 24.6 Å². The van der Waals surface area contributed by atoms with Crippen molar-refractivity contribution in [3.8, 4) is 17.3 Å². The third-order valence-electron chi connectivity index (χ3n) is 4.47. The summed E-state index contributed by atoms with van der Waals surface area (Å²) < 4.78 is 44.9. The molecule has 0 aliphatic rings. The molecule has 0 aliphatic carbocycles. The van der Waals surface area contributed by atoms with E-state index in [4.69, 9.17) is 16.3 Å². The van der Waals surface area contributed by atoms with Gasteiger partial charge < -0.3 is 10.1 Å². The zero-order chi connectivity index (χ0) is 22.7. The Hall–Kier alpha value is -3.66. The summed E-state index contributed by atoms with van der Waals surface area (Å²) in [5, 5.41) is 15.6. The van der Waals surface area contributed by atoms with Crippen molar-refractivity contribution in [2.45, 2.75) is 6.18 Å². The number of nitrogens with zero attached hydrogens (tertiary/aromatic N) is 4. The van der Waals surface area contributed by atoms with E-state index in [1.54, 1.807) is 30.3 Å². The van der Waals surface area contributed by atoms with Crippen LogP contribution in [0.25, 0.3) is 17.0 Å². The molecule has 1 N–H and O–H groups in total. The van der Waals surface area contributed by atoms with Crippen molar-refractivity contribution in [1.29, 1.82) is 0 Å².